The van der Waals surface area contributed by atoms with E-state index in [-0.39, 0.29) is 0 Å². The Morgan fingerprint density at radius 2 is 1.74 bits per heavy atom. The van der Waals surface area contributed by atoms with E-state index in [0.717, 1.165) is 13.0 Å². The van der Waals surface area contributed by atoms with E-state index in [2.05, 4.69) is 12.2 Å². The average Bonchev–Trinajstić information content (AvgIpc) is 2.31. The zero-order chi connectivity index (χ0) is 14.6. The molecule has 3 N–H and O–H groups in total. The van der Waals surface area contributed by atoms with E-state index in [1.54, 1.807) is 13.8 Å². The second-order valence-corrected chi connectivity index (χ2v) is 5.94. The monoisotopic (exact) mass is 275 g/mol. The fourth-order valence-corrected chi connectivity index (χ4v) is 1.81. The van der Waals surface area contributed by atoms with Crippen LogP contribution in [0.3, 0.4) is 0 Å². The van der Waals surface area contributed by atoms with Gasteiger partial charge in [-0.05, 0) is 20.3 Å². The Morgan fingerprint density at radius 1 is 1.11 bits per heavy atom. The van der Waals surface area contributed by atoms with Crippen molar-refractivity contribution < 1.29 is 14.9 Å². The molecule has 0 spiro atoms. The fraction of sp³-hybridized carbons (Fsp3) is 1.00. The van der Waals surface area contributed by atoms with Gasteiger partial charge in [-0.3, -0.25) is 0 Å². The molecule has 4 heteroatoms. The molecule has 0 aromatic carbocycles. The number of rotatable bonds is 13. The Morgan fingerprint density at radius 3 is 2.37 bits per heavy atom. The van der Waals surface area contributed by atoms with E-state index < -0.39 is 11.7 Å². The summed E-state index contributed by atoms with van der Waals surface area (Å²) in [5, 5.41) is 22.2. The van der Waals surface area contributed by atoms with Crippen molar-refractivity contribution in [3.63, 3.8) is 0 Å². The SMILES string of the molecule is CCCCCCCCOCC(O)CNCC(C)(C)O. The summed E-state index contributed by atoms with van der Waals surface area (Å²) in [4.78, 5) is 0. The van der Waals surface area contributed by atoms with Gasteiger partial charge >= 0.3 is 0 Å². The topological polar surface area (TPSA) is 61.7 Å². The lowest BCUT2D eigenvalue weighted by Crippen LogP contribution is -2.39. The van der Waals surface area contributed by atoms with E-state index >= 15 is 0 Å². The smallest absolute Gasteiger partial charge is 0.0897 e. The van der Waals surface area contributed by atoms with Crippen molar-refractivity contribution in [3.05, 3.63) is 0 Å². The Balaban J connectivity index is 3.23. The molecule has 0 bridgehead atoms. The van der Waals surface area contributed by atoms with Crippen LogP contribution in [0.15, 0.2) is 0 Å². The quantitative estimate of drug-likeness (QED) is 0.450. The predicted octanol–water partition coefficient (Wildman–Crippen LogP) is 2.08. The highest BCUT2D eigenvalue weighted by Gasteiger charge is 2.12. The summed E-state index contributed by atoms with van der Waals surface area (Å²) < 4.78 is 5.43. The molecule has 0 aliphatic rings. The summed E-state index contributed by atoms with van der Waals surface area (Å²) in [6, 6.07) is 0. The normalized spacial score (nSPS) is 13.7. The van der Waals surface area contributed by atoms with Gasteiger partial charge in [-0.15, -0.1) is 0 Å². The van der Waals surface area contributed by atoms with Gasteiger partial charge in [-0.1, -0.05) is 39.0 Å². The number of aliphatic hydroxyl groups excluding tert-OH is 1. The van der Waals surface area contributed by atoms with E-state index in [0.29, 0.717) is 19.7 Å². The van der Waals surface area contributed by atoms with Crippen LogP contribution in [0.5, 0.6) is 0 Å². The van der Waals surface area contributed by atoms with Gasteiger partial charge in [0.1, 0.15) is 0 Å². The molecule has 0 saturated carbocycles. The minimum atomic E-state index is -0.737. The van der Waals surface area contributed by atoms with Crippen molar-refractivity contribution in [2.45, 2.75) is 71.0 Å². The first kappa shape index (κ1) is 18.8. The van der Waals surface area contributed by atoms with Crippen LogP contribution in [-0.4, -0.2) is 48.2 Å². The summed E-state index contributed by atoms with van der Waals surface area (Å²) in [5.74, 6) is 0. The molecule has 19 heavy (non-hydrogen) atoms. The highest BCUT2D eigenvalue weighted by molar-refractivity contribution is 4.70. The summed E-state index contributed by atoms with van der Waals surface area (Å²) in [7, 11) is 0. The first-order valence-corrected chi connectivity index (χ1v) is 7.64. The highest BCUT2D eigenvalue weighted by atomic mass is 16.5. The summed E-state index contributed by atoms with van der Waals surface area (Å²) >= 11 is 0. The minimum absolute atomic E-state index is 0.369. The zero-order valence-corrected chi connectivity index (χ0v) is 13.0. The molecule has 0 rings (SSSR count). The first-order valence-electron chi connectivity index (χ1n) is 7.64. The highest BCUT2D eigenvalue weighted by Crippen LogP contribution is 2.05. The Hall–Kier alpha value is -0.160. The molecule has 0 heterocycles. The summed E-state index contributed by atoms with van der Waals surface area (Å²) in [5.41, 5.74) is -0.737. The molecular formula is C15H33NO3. The van der Waals surface area contributed by atoms with Crippen LogP contribution >= 0.6 is 0 Å². The van der Waals surface area contributed by atoms with Crippen LogP contribution in [-0.2, 0) is 4.74 Å². The zero-order valence-electron chi connectivity index (χ0n) is 13.0. The van der Waals surface area contributed by atoms with Gasteiger partial charge in [0.25, 0.3) is 0 Å². The first-order chi connectivity index (χ1) is 8.95. The molecule has 0 aromatic rings. The Bertz CT molecular complexity index is 192. The molecule has 0 radical (unpaired) electrons. The van der Waals surface area contributed by atoms with Crippen LogP contribution in [0.1, 0.15) is 59.3 Å². The predicted molar refractivity (Wildman–Crippen MR) is 79.4 cm³/mol. The number of nitrogens with one attached hydrogen (secondary N) is 1. The maximum atomic E-state index is 9.65. The number of aliphatic hydroxyl groups is 2. The summed E-state index contributed by atoms with van der Waals surface area (Å²) in [6.07, 6.45) is 7.00. The molecule has 0 aliphatic heterocycles. The van der Waals surface area contributed by atoms with Gasteiger partial charge in [0.2, 0.25) is 0 Å². The van der Waals surface area contributed by atoms with Gasteiger partial charge in [0, 0.05) is 19.7 Å². The van der Waals surface area contributed by atoms with Gasteiger partial charge < -0.3 is 20.3 Å². The maximum absolute atomic E-state index is 9.65. The molecule has 1 unspecified atom stereocenters. The van der Waals surface area contributed by atoms with Crippen LogP contribution in [0.2, 0.25) is 0 Å². The Labute approximate surface area is 118 Å². The van der Waals surface area contributed by atoms with Crippen molar-refractivity contribution in [1.82, 2.24) is 5.32 Å². The van der Waals surface area contributed by atoms with E-state index in [9.17, 15) is 10.2 Å². The minimum Gasteiger partial charge on any atom is -0.389 e. The molecule has 1 atom stereocenters. The lowest BCUT2D eigenvalue weighted by molar-refractivity contribution is 0.0290. The van der Waals surface area contributed by atoms with Gasteiger partial charge in [-0.2, -0.15) is 0 Å². The summed E-state index contributed by atoms with van der Waals surface area (Å²) in [6.45, 7) is 7.73. The molecular weight excluding hydrogens is 242 g/mol. The van der Waals surface area contributed by atoms with Gasteiger partial charge in [0.05, 0.1) is 18.3 Å². The number of hydrogen-bond donors (Lipinski definition) is 3. The average molecular weight is 275 g/mol. The third-order valence-corrected chi connectivity index (χ3v) is 2.89. The number of unbranched alkanes of at least 4 members (excludes halogenated alkanes) is 5. The van der Waals surface area contributed by atoms with Crippen molar-refractivity contribution in [3.8, 4) is 0 Å². The van der Waals surface area contributed by atoms with Crippen molar-refractivity contribution in [2.75, 3.05) is 26.3 Å². The van der Waals surface area contributed by atoms with Gasteiger partial charge in [-0.25, -0.2) is 0 Å². The van der Waals surface area contributed by atoms with Crippen molar-refractivity contribution in [1.29, 1.82) is 0 Å². The largest absolute Gasteiger partial charge is 0.389 e. The van der Waals surface area contributed by atoms with Crippen LogP contribution in [0.4, 0.5) is 0 Å². The molecule has 0 saturated heterocycles. The van der Waals surface area contributed by atoms with E-state index in [1.807, 2.05) is 0 Å². The standard InChI is InChI=1S/C15H33NO3/c1-4-5-6-7-8-9-10-19-12-14(17)11-16-13-15(2,3)18/h14,16-18H,4-13H2,1-3H3. The maximum Gasteiger partial charge on any atom is 0.0897 e. The lowest BCUT2D eigenvalue weighted by Gasteiger charge is -2.19. The molecule has 116 valence electrons. The molecule has 0 aromatic heterocycles. The number of ether oxygens (including phenoxy) is 1. The van der Waals surface area contributed by atoms with Crippen LogP contribution < -0.4 is 5.32 Å². The van der Waals surface area contributed by atoms with E-state index in [4.69, 9.17) is 4.74 Å². The lowest BCUT2D eigenvalue weighted by atomic mass is 10.1. The van der Waals surface area contributed by atoms with E-state index in [1.165, 1.54) is 32.1 Å². The second-order valence-electron chi connectivity index (χ2n) is 5.94. The molecule has 0 fully saturated rings. The number of hydrogen-bond acceptors (Lipinski definition) is 4. The molecule has 0 amide bonds. The van der Waals surface area contributed by atoms with Crippen molar-refractivity contribution in [2.24, 2.45) is 0 Å². The third-order valence-electron chi connectivity index (χ3n) is 2.89. The molecule has 4 nitrogen and oxygen atoms in total. The van der Waals surface area contributed by atoms with Crippen LogP contribution in [0.25, 0.3) is 0 Å². The Kier molecular flexibility index (Phi) is 11.6. The van der Waals surface area contributed by atoms with Crippen molar-refractivity contribution >= 4 is 0 Å². The third kappa shape index (κ3) is 15.8. The van der Waals surface area contributed by atoms with Gasteiger partial charge in [0.15, 0.2) is 0 Å². The fourth-order valence-electron chi connectivity index (χ4n) is 1.81. The second kappa shape index (κ2) is 11.6. The van der Waals surface area contributed by atoms with Crippen LogP contribution in [0, 0.1) is 0 Å². The molecule has 0 aliphatic carbocycles.